The van der Waals surface area contributed by atoms with Crippen molar-refractivity contribution in [3.05, 3.63) is 77.9 Å². The minimum atomic E-state index is -3.90. The second kappa shape index (κ2) is 10.6. The van der Waals surface area contributed by atoms with Gasteiger partial charge in [0.25, 0.3) is 0 Å². The first-order chi connectivity index (χ1) is 16.8. The summed E-state index contributed by atoms with van der Waals surface area (Å²) in [5.74, 6) is -0.242. The van der Waals surface area contributed by atoms with Crippen molar-refractivity contribution in [1.29, 1.82) is 0 Å². The normalized spacial score (nSPS) is 17.9. The molecule has 8 nitrogen and oxygen atoms in total. The lowest BCUT2D eigenvalue weighted by molar-refractivity contribution is -0.0244. The predicted octanol–water partition coefficient (Wildman–Crippen LogP) is 3.26. The van der Waals surface area contributed by atoms with Crippen molar-refractivity contribution in [1.82, 2.24) is 9.73 Å². The van der Waals surface area contributed by atoms with Gasteiger partial charge < -0.3 is 16.2 Å². The molecule has 0 radical (unpaired) electrons. The van der Waals surface area contributed by atoms with Crippen LogP contribution in [0.1, 0.15) is 30.9 Å². The van der Waals surface area contributed by atoms with Crippen molar-refractivity contribution >= 4 is 26.8 Å². The number of hydrogen-bond donors (Lipinski definition) is 3. The lowest BCUT2D eigenvalue weighted by atomic mass is 9.98. The van der Waals surface area contributed by atoms with E-state index in [0.717, 1.165) is 29.4 Å². The number of nitrogens with zero attached hydrogens (tertiary/aromatic N) is 2. The number of hydrazone groups is 1. The van der Waals surface area contributed by atoms with Crippen LogP contribution in [-0.4, -0.2) is 38.2 Å². The molecule has 0 aliphatic carbocycles. The molecule has 1 aliphatic heterocycles. The highest BCUT2D eigenvalue weighted by atomic mass is 32.2. The van der Waals surface area contributed by atoms with Crippen LogP contribution in [0, 0.1) is 12.8 Å². The molecule has 9 heteroatoms. The highest BCUT2D eigenvalue weighted by molar-refractivity contribution is 7.89. The van der Waals surface area contributed by atoms with Crippen LogP contribution in [0.2, 0.25) is 0 Å². The lowest BCUT2D eigenvalue weighted by Gasteiger charge is -2.33. The van der Waals surface area contributed by atoms with Gasteiger partial charge in [-0.1, -0.05) is 67.6 Å². The van der Waals surface area contributed by atoms with Gasteiger partial charge in [0.05, 0.1) is 17.5 Å². The highest BCUT2D eigenvalue weighted by Gasteiger charge is 2.36. The predicted molar refractivity (Wildman–Crippen MR) is 139 cm³/mol. The largest absolute Gasteiger partial charge is 0.369 e. The number of ether oxygens (including phenoxy) is 1. The summed E-state index contributed by atoms with van der Waals surface area (Å²) in [6.45, 7) is 4.91. The van der Waals surface area contributed by atoms with E-state index in [1.165, 1.54) is 0 Å². The fraction of sp³-hybridized carbons (Fsp3) is 0.346. The summed E-state index contributed by atoms with van der Waals surface area (Å²) in [7, 11) is -3.90. The molecule has 5 N–H and O–H groups in total. The number of aryl methyl sites for hydroxylation is 1. The van der Waals surface area contributed by atoms with Crippen molar-refractivity contribution in [2.45, 2.75) is 50.5 Å². The Morgan fingerprint density at radius 1 is 1.09 bits per heavy atom. The van der Waals surface area contributed by atoms with Crippen LogP contribution >= 0.6 is 0 Å². The number of benzene rings is 3. The second-order valence-corrected chi connectivity index (χ2v) is 10.7. The summed E-state index contributed by atoms with van der Waals surface area (Å²) in [6, 6.07) is 20.6. The van der Waals surface area contributed by atoms with E-state index in [4.69, 9.17) is 16.2 Å². The summed E-state index contributed by atoms with van der Waals surface area (Å²) in [5, 5.41) is 7.68. The van der Waals surface area contributed by atoms with Gasteiger partial charge in [0.1, 0.15) is 6.23 Å². The Labute approximate surface area is 207 Å². The molecular formula is C26H33N5O3S. The molecule has 1 heterocycles. The average Bonchev–Trinajstić information content (AvgIpc) is 3.29. The minimum Gasteiger partial charge on any atom is -0.369 e. The number of sulfonamides is 1. The van der Waals surface area contributed by atoms with Gasteiger partial charge in [-0.3, -0.25) is 5.01 Å². The zero-order chi connectivity index (χ0) is 25.0. The first-order valence-corrected chi connectivity index (χ1v) is 13.3. The van der Waals surface area contributed by atoms with Crippen LogP contribution < -0.4 is 16.2 Å². The Bertz CT molecular complexity index is 1290. The Morgan fingerprint density at radius 2 is 1.77 bits per heavy atom. The van der Waals surface area contributed by atoms with Crippen molar-refractivity contribution in [2.24, 2.45) is 22.5 Å². The van der Waals surface area contributed by atoms with Gasteiger partial charge >= 0.3 is 0 Å². The first kappa shape index (κ1) is 25.0. The Hall–Kier alpha value is -3.14. The maximum Gasteiger partial charge on any atom is 0.243 e. The molecule has 0 amide bonds. The van der Waals surface area contributed by atoms with Gasteiger partial charge in [0.15, 0.2) is 0 Å². The van der Waals surface area contributed by atoms with E-state index in [9.17, 15) is 8.42 Å². The fourth-order valence-electron chi connectivity index (χ4n) is 4.71. The van der Waals surface area contributed by atoms with E-state index < -0.39 is 16.3 Å². The first-order valence-electron chi connectivity index (χ1n) is 11.8. The number of nitrogens with one attached hydrogen (secondary N) is 1. The van der Waals surface area contributed by atoms with Gasteiger partial charge in [-0.15, -0.1) is 5.10 Å². The van der Waals surface area contributed by atoms with Gasteiger partial charge in [0.2, 0.25) is 16.0 Å². The monoisotopic (exact) mass is 495 g/mol. The quantitative estimate of drug-likeness (QED) is 0.238. The molecule has 3 aromatic rings. The summed E-state index contributed by atoms with van der Waals surface area (Å²) >= 11 is 0. The molecule has 3 unspecified atom stereocenters. The Balaban J connectivity index is 1.65. The van der Waals surface area contributed by atoms with Crippen molar-refractivity contribution in [3.8, 4) is 0 Å². The second-order valence-electron chi connectivity index (χ2n) is 9.02. The smallest absolute Gasteiger partial charge is 0.243 e. The number of guanidine groups is 1. The molecular weight excluding hydrogens is 462 g/mol. The Kier molecular flexibility index (Phi) is 7.59. The van der Waals surface area contributed by atoms with Gasteiger partial charge in [0, 0.05) is 17.8 Å². The topological polar surface area (TPSA) is 123 Å². The third-order valence-corrected chi connectivity index (χ3v) is 8.01. The molecule has 1 fully saturated rings. The maximum atomic E-state index is 13.7. The van der Waals surface area contributed by atoms with E-state index >= 15 is 0 Å². The van der Waals surface area contributed by atoms with E-state index in [2.05, 4.69) is 9.82 Å². The van der Waals surface area contributed by atoms with E-state index in [1.807, 2.05) is 79.5 Å². The third kappa shape index (κ3) is 5.75. The Morgan fingerprint density at radius 3 is 2.49 bits per heavy atom. The van der Waals surface area contributed by atoms with Crippen LogP contribution in [0.3, 0.4) is 0 Å². The SMILES string of the molecule is Cc1ccc(S(=O)(=O)NC(OCc2ccccc2)C(C)C2CCCN2N=C(N)N)c2ccccc12. The molecule has 1 saturated heterocycles. The van der Waals surface area contributed by atoms with Crippen molar-refractivity contribution in [2.75, 3.05) is 6.54 Å². The van der Waals surface area contributed by atoms with Crippen LogP contribution in [0.15, 0.2) is 76.7 Å². The fourth-order valence-corrected chi connectivity index (χ4v) is 6.14. The molecule has 4 rings (SSSR count). The van der Waals surface area contributed by atoms with E-state index in [1.54, 1.807) is 6.07 Å². The van der Waals surface area contributed by atoms with Crippen LogP contribution in [0.5, 0.6) is 0 Å². The molecule has 0 spiro atoms. The lowest BCUT2D eigenvalue weighted by Crippen LogP contribution is -2.48. The summed E-state index contributed by atoms with van der Waals surface area (Å²) in [5.41, 5.74) is 13.2. The molecule has 3 atom stereocenters. The highest BCUT2D eigenvalue weighted by Crippen LogP contribution is 2.30. The third-order valence-electron chi connectivity index (χ3n) is 6.53. The van der Waals surface area contributed by atoms with Crippen molar-refractivity contribution in [3.63, 3.8) is 0 Å². The van der Waals surface area contributed by atoms with Gasteiger partial charge in [-0.05, 0) is 42.3 Å². The average molecular weight is 496 g/mol. The van der Waals surface area contributed by atoms with Gasteiger partial charge in [-0.25, -0.2) is 8.42 Å². The molecule has 35 heavy (non-hydrogen) atoms. The molecule has 3 aromatic carbocycles. The van der Waals surface area contributed by atoms with Crippen LogP contribution in [0.25, 0.3) is 10.8 Å². The zero-order valence-electron chi connectivity index (χ0n) is 20.1. The molecule has 0 bridgehead atoms. The molecule has 186 valence electrons. The molecule has 0 aromatic heterocycles. The molecule has 0 saturated carbocycles. The summed E-state index contributed by atoms with van der Waals surface area (Å²) in [4.78, 5) is 0.228. The van der Waals surface area contributed by atoms with Crippen LogP contribution in [-0.2, 0) is 21.4 Å². The van der Waals surface area contributed by atoms with Crippen molar-refractivity contribution < 1.29 is 13.2 Å². The minimum absolute atomic E-state index is 0.0161. The van der Waals surface area contributed by atoms with Crippen LogP contribution in [0.4, 0.5) is 0 Å². The number of hydrogen-bond acceptors (Lipinski definition) is 5. The summed E-state index contributed by atoms with van der Waals surface area (Å²) in [6.07, 6.45) is 0.949. The van der Waals surface area contributed by atoms with E-state index in [-0.39, 0.29) is 29.4 Å². The van der Waals surface area contributed by atoms with Gasteiger partial charge in [-0.2, -0.15) is 4.72 Å². The summed E-state index contributed by atoms with van der Waals surface area (Å²) < 4.78 is 36.4. The molecule has 1 aliphatic rings. The number of fused-ring (bicyclic) bond motifs is 1. The zero-order valence-corrected chi connectivity index (χ0v) is 20.9. The van der Waals surface area contributed by atoms with E-state index in [0.29, 0.717) is 11.9 Å². The number of rotatable bonds is 9. The maximum absolute atomic E-state index is 13.7. The number of nitrogens with two attached hydrogens (primary N) is 2. The standard InChI is InChI=1S/C26H33N5O3S/c1-18-14-15-24(22-12-7-6-11-21(18)22)35(32,33)30-25(34-17-20-9-4-3-5-10-20)19(2)23-13-8-16-31(23)29-26(27)28/h3-7,9-12,14-15,19,23,25,30H,8,13,16-17H2,1-2H3,(H4,27,28,29).